The van der Waals surface area contributed by atoms with Gasteiger partial charge in [0.25, 0.3) is 0 Å². The Morgan fingerprint density at radius 2 is 1.71 bits per heavy atom. The van der Waals surface area contributed by atoms with E-state index < -0.39 is 28.6 Å². The molecule has 1 heterocycles. The van der Waals surface area contributed by atoms with Gasteiger partial charge in [0.15, 0.2) is 0 Å². The second-order valence-electron chi connectivity index (χ2n) is 14.3. The van der Waals surface area contributed by atoms with Crippen LogP contribution in [0.2, 0.25) is 0 Å². The number of fused-ring (bicyclic) bond motifs is 7. The summed E-state index contributed by atoms with van der Waals surface area (Å²) in [6.45, 7) is 16.6. The molecule has 0 bridgehead atoms. The highest BCUT2D eigenvalue weighted by molar-refractivity contribution is 5.88. The van der Waals surface area contributed by atoms with E-state index in [2.05, 4.69) is 40.7 Å². The quantitative estimate of drug-likeness (QED) is 0.472. The van der Waals surface area contributed by atoms with E-state index in [0.717, 1.165) is 31.3 Å². The zero-order valence-corrected chi connectivity index (χ0v) is 22.9. The average Bonchev–Trinajstić information content (AvgIpc) is 2.96. The van der Waals surface area contributed by atoms with Crippen LogP contribution in [0, 0.1) is 39.4 Å². The Morgan fingerprint density at radius 3 is 2.34 bits per heavy atom. The molecule has 5 nitrogen and oxygen atoms in total. The van der Waals surface area contributed by atoms with Crippen molar-refractivity contribution in [3.8, 4) is 0 Å². The minimum atomic E-state index is -1.35. The van der Waals surface area contributed by atoms with Crippen molar-refractivity contribution in [3.63, 3.8) is 0 Å². The van der Waals surface area contributed by atoms with E-state index >= 15 is 0 Å². The third kappa shape index (κ3) is 3.05. The normalized spacial score (nSPS) is 54.7. The lowest BCUT2D eigenvalue weighted by molar-refractivity contribution is -0.247. The lowest BCUT2D eigenvalue weighted by Crippen LogP contribution is -2.67. The summed E-state index contributed by atoms with van der Waals surface area (Å²) in [5, 5.41) is 33.8. The Labute approximate surface area is 211 Å². The van der Waals surface area contributed by atoms with Crippen LogP contribution in [-0.2, 0) is 9.53 Å². The van der Waals surface area contributed by atoms with E-state index in [1.54, 1.807) is 6.92 Å². The predicted octanol–water partition coefficient (Wildman–Crippen LogP) is 4.59. The lowest BCUT2D eigenvalue weighted by Gasteiger charge is -2.65. The van der Waals surface area contributed by atoms with Crippen LogP contribution in [0.1, 0.15) is 87.5 Å². The summed E-state index contributed by atoms with van der Waals surface area (Å²) in [5.74, 6) is 0.231. The van der Waals surface area contributed by atoms with Gasteiger partial charge in [0.2, 0.25) is 0 Å². The van der Waals surface area contributed by atoms with Gasteiger partial charge >= 0.3 is 0 Å². The van der Waals surface area contributed by atoms with E-state index in [0.29, 0.717) is 6.42 Å². The number of rotatable bonds is 1. The van der Waals surface area contributed by atoms with E-state index in [1.165, 1.54) is 5.57 Å². The van der Waals surface area contributed by atoms with E-state index in [9.17, 15) is 20.1 Å². The molecule has 3 N–H and O–H groups in total. The summed E-state index contributed by atoms with van der Waals surface area (Å²) in [7, 11) is 0. The Hall–Kier alpha value is -1.01. The molecule has 11 atom stereocenters. The molecule has 0 aromatic rings. The first kappa shape index (κ1) is 25.6. The minimum Gasteiger partial charge on any atom is -0.392 e. The molecule has 5 aliphatic rings. The largest absolute Gasteiger partial charge is 0.392 e. The molecule has 5 rings (SSSR count). The molecule has 0 aromatic carbocycles. The Bertz CT molecular complexity index is 989. The summed E-state index contributed by atoms with van der Waals surface area (Å²) in [6.07, 6.45) is 5.60. The van der Waals surface area contributed by atoms with E-state index in [4.69, 9.17) is 4.74 Å². The van der Waals surface area contributed by atoms with Gasteiger partial charge in [-0.05, 0) is 69.1 Å². The van der Waals surface area contributed by atoms with Crippen molar-refractivity contribution >= 4 is 5.78 Å². The number of carbonyl (C=O) groups excluding carboxylic acids is 1. The SMILES string of the molecule is CC(C)=C[C@@H]1O[C@@H]2C[C@@]3(C)[C@@H]4CC=C5[C@@H](CC[C@H](O)C5(C)C)[C@]4(C)C(=O)C[C@]3(C)[C@H]2[C@@](C)(O)[C@@H]1O. The number of aliphatic hydroxyl groups is 3. The number of ether oxygens (including phenoxy) is 1. The third-order valence-corrected chi connectivity index (χ3v) is 12.0. The predicted molar refractivity (Wildman–Crippen MR) is 135 cm³/mol. The highest BCUT2D eigenvalue weighted by atomic mass is 16.5. The molecule has 0 spiro atoms. The van der Waals surface area contributed by atoms with Gasteiger partial charge in [0, 0.05) is 23.2 Å². The van der Waals surface area contributed by atoms with Gasteiger partial charge in [-0.1, -0.05) is 57.9 Å². The fraction of sp³-hybridized carbons (Fsp3) is 0.833. The van der Waals surface area contributed by atoms with Crippen molar-refractivity contribution < 1.29 is 24.9 Å². The molecule has 5 heteroatoms. The summed E-state index contributed by atoms with van der Waals surface area (Å²) in [4.78, 5) is 14.3. The fourth-order valence-corrected chi connectivity index (χ4v) is 9.86. The van der Waals surface area contributed by atoms with Crippen LogP contribution in [0.5, 0.6) is 0 Å². The zero-order chi connectivity index (χ0) is 25.9. The minimum absolute atomic E-state index is 0.130. The van der Waals surface area contributed by atoms with Gasteiger partial charge in [0.05, 0.1) is 17.8 Å². The molecular formula is C30H46O5. The number of allylic oxidation sites excluding steroid dienone is 2. The van der Waals surface area contributed by atoms with Gasteiger partial charge in [-0.3, -0.25) is 4.79 Å². The van der Waals surface area contributed by atoms with Crippen LogP contribution in [0.3, 0.4) is 0 Å². The number of hydrogen-bond donors (Lipinski definition) is 3. The molecule has 0 amide bonds. The lowest BCUT2D eigenvalue weighted by atomic mass is 9.38. The fourth-order valence-electron chi connectivity index (χ4n) is 9.86. The first-order valence-corrected chi connectivity index (χ1v) is 13.7. The van der Waals surface area contributed by atoms with Crippen molar-refractivity contribution in [3.05, 3.63) is 23.3 Å². The molecule has 1 saturated heterocycles. The Balaban J connectivity index is 1.61. The second-order valence-corrected chi connectivity index (χ2v) is 14.3. The number of carbonyl (C=O) groups is 1. The molecule has 3 saturated carbocycles. The Morgan fingerprint density at radius 1 is 1.06 bits per heavy atom. The monoisotopic (exact) mass is 486 g/mol. The molecule has 4 fully saturated rings. The summed E-state index contributed by atoms with van der Waals surface area (Å²) in [5.41, 5.74) is -0.568. The van der Waals surface area contributed by atoms with Gasteiger partial charge in [-0.2, -0.15) is 0 Å². The van der Waals surface area contributed by atoms with Crippen LogP contribution in [0.25, 0.3) is 0 Å². The van der Waals surface area contributed by atoms with Crippen LogP contribution < -0.4 is 0 Å². The topological polar surface area (TPSA) is 87.0 Å². The standard InChI is InChI=1S/C30H46O5/c1-16(2)13-19-25(33)30(8,34)24-20(35-19)14-27(5)21-11-9-17-18(10-12-22(31)26(17,3)4)29(21,7)23(32)15-28(24,27)6/h9,13,18-22,24-25,31,33-34H,10-12,14-15H2,1-8H3/t18-,19+,20-,21+,22+,24+,25-,27+,28-,29+,30-/m1/s1. The third-order valence-electron chi connectivity index (χ3n) is 12.0. The molecule has 196 valence electrons. The Kier molecular flexibility index (Phi) is 5.51. The van der Waals surface area contributed by atoms with Crippen LogP contribution in [0.4, 0.5) is 0 Å². The summed E-state index contributed by atoms with van der Waals surface area (Å²) >= 11 is 0. The van der Waals surface area contributed by atoms with Gasteiger partial charge in [-0.15, -0.1) is 0 Å². The number of hydrogen-bond acceptors (Lipinski definition) is 5. The maximum absolute atomic E-state index is 14.3. The summed E-state index contributed by atoms with van der Waals surface area (Å²) < 4.78 is 6.55. The van der Waals surface area contributed by atoms with Crippen molar-refractivity contribution in [1.29, 1.82) is 0 Å². The van der Waals surface area contributed by atoms with Gasteiger partial charge in [0.1, 0.15) is 18.0 Å². The van der Waals surface area contributed by atoms with Crippen LogP contribution in [0.15, 0.2) is 23.3 Å². The van der Waals surface area contributed by atoms with Crippen LogP contribution in [-0.4, -0.2) is 51.1 Å². The zero-order valence-electron chi connectivity index (χ0n) is 22.9. The maximum atomic E-state index is 14.3. The number of Topliss-reactive ketones (excluding diaryl/α,β-unsaturated/α-hetero) is 1. The number of ketones is 1. The molecule has 35 heavy (non-hydrogen) atoms. The molecule has 0 radical (unpaired) electrons. The number of aliphatic hydroxyl groups excluding tert-OH is 2. The van der Waals surface area contributed by atoms with E-state index in [-0.39, 0.29) is 46.6 Å². The molecular weight excluding hydrogens is 440 g/mol. The van der Waals surface area contributed by atoms with Crippen molar-refractivity contribution in [2.24, 2.45) is 39.4 Å². The maximum Gasteiger partial charge on any atom is 0.140 e. The van der Waals surface area contributed by atoms with E-state index in [1.807, 2.05) is 19.9 Å². The van der Waals surface area contributed by atoms with Crippen molar-refractivity contribution in [2.45, 2.75) is 118 Å². The molecule has 1 aliphatic heterocycles. The second kappa shape index (κ2) is 7.52. The van der Waals surface area contributed by atoms with Gasteiger partial charge < -0.3 is 20.1 Å². The first-order valence-electron chi connectivity index (χ1n) is 13.7. The molecule has 0 unspecified atom stereocenters. The molecule has 0 aromatic heterocycles. The average molecular weight is 487 g/mol. The highest BCUT2D eigenvalue weighted by Gasteiger charge is 2.76. The smallest absolute Gasteiger partial charge is 0.140 e. The van der Waals surface area contributed by atoms with Gasteiger partial charge in [-0.25, -0.2) is 0 Å². The van der Waals surface area contributed by atoms with Crippen molar-refractivity contribution in [2.75, 3.05) is 0 Å². The first-order chi connectivity index (χ1) is 16.0. The van der Waals surface area contributed by atoms with Crippen LogP contribution >= 0.6 is 0 Å². The summed E-state index contributed by atoms with van der Waals surface area (Å²) in [6, 6.07) is 0. The molecule has 4 aliphatic carbocycles. The van der Waals surface area contributed by atoms with Crippen molar-refractivity contribution in [1.82, 2.24) is 0 Å². The highest BCUT2D eigenvalue weighted by Crippen LogP contribution is 2.75.